The van der Waals surface area contributed by atoms with Gasteiger partial charge in [-0.05, 0) is 18.2 Å². The molecule has 6 heteroatoms. The molecule has 0 saturated carbocycles. The van der Waals surface area contributed by atoms with Gasteiger partial charge in [-0.15, -0.1) is 0 Å². The lowest BCUT2D eigenvalue weighted by Gasteiger charge is -2.09. The molecule has 2 aromatic carbocycles. The summed E-state index contributed by atoms with van der Waals surface area (Å²) in [7, 11) is 1.45. The van der Waals surface area contributed by atoms with Crippen LogP contribution < -0.4 is 10.2 Å². The van der Waals surface area contributed by atoms with Gasteiger partial charge in [-0.3, -0.25) is 4.79 Å². The van der Waals surface area contributed by atoms with Crippen molar-refractivity contribution < 1.29 is 14.3 Å². The summed E-state index contributed by atoms with van der Waals surface area (Å²) in [6.07, 6.45) is 0. The minimum absolute atomic E-state index is 0.125. The summed E-state index contributed by atoms with van der Waals surface area (Å²) < 4.78 is 10.8. The Kier molecular flexibility index (Phi) is 3.72. The minimum Gasteiger partial charge on any atom is -0.507 e. The number of phenols is 1. The number of rotatable bonds is 2. The van der Waals surface area contributed by atoms with Gasteiger partial charge in [0.05, 0.1) is 28.1 Å². The fourth-order valence-corrected chi connectivity index (χ4v) is 2.62. The lowest BCUT2D eigenvalue weighted by Crippen LogP contribution is -2.00. The molecule has 0 aliphatic rings. The second-order valence-corrected chi connectivity index (χ2v) is 5.41. The number of hydrogen-bond acceptors (Lipinski definition) is 4. The van der Waals surface area contributed by atoms with Crippen LogP contribution in [-0.2, 0) is 0 Å². The first-order chi connectivity index (χ1) is 10.5. The summed E-state index contributed by atoms with van der Waals surface area (Å²) in [5.41, 5.74) is 0.298. The number of benzene rings is 2. The molecule has 4 nitrogen and oxygen atoms in total. The average molecular weight is 337 g/mol. The molecule has 3 rings (SSSR count). The molecule has 0 radical (unpaired) electrons. The molecule has 0 aliphatic carbocycles. The van der Waals surface area contributed by atoms with Crippen molar-refractivity contribution in [3.05, 3.63) is 56.7 Å². The van der Waals surface area contributed by atoms with Crippen molar-refractivity contribution >= 4 is 34.2 Å². The third-order valence-corrected chi connectivity index (χ3v) is 3.84. The second-order valence-electron chi connectivity index (χ2n) is 4.60. The van der Waals surface area contributed by atoms with E-state index in [1.165, 1.54) is 25.3 Å². The molecule has 0 unspecified atom stereocenters. The Bertz CT molecular complexity index is 931. The molecule has 1 N–H and O–H groups in total. The van der Waals surface area contributed by atoms with E-state index >= 15 is 0 Å². The van der Waals surface area contributed by atoms with Crippen molar-refractivity contribution in [2.45, 2.75) is 0 Å². The lowest BCUT2D eigenvalue weighted by molar-refractivity contribution is 0.412. The van der Waals surface area contributed by atoms with Gasteiger partial charge in [0.1, 0.15) is 17.3 Å². The second kappa shape index (κ2) is 5.55. The van der Waals surface area contributed by atoms with Crippen LogP contribution in [0.1, 0.15) is 0 Å². The van der Waals surface area contributed by atoms with E-state index in [1.807, 2.05) is 0 Å². The summed E-state index contributed by atoms with van der Waals surface area (Å²) in [4.78, 5) is 12.2. The van der Waals surface area contributed by atoms with Gasteiger partial charge < -0.3 is 14.3 Å². The number of halogens is 2. The number of ether oxygens (including phenoxy) is 1. The number of para-hydroxylation sites is 1. The SMILES string of the molecule is COc1cc(-c2cc(=O)c3cccc(Cl)c3o2)c(O)cc1Cl. The summed E-state index contributed by atoms with van der Waals surface area (Å²) in [6.45, 7) is 0. The monoisotopic (exact) mass is 336 g/mol. The standard InChI is InChI=1S/C16H10Cl2O4/c1-21-15-5-9(12(19)6-11(15)18)14-7-13(20)8-3-2-4-10(17)16(8)22-14/h2-7,19H,1H3. The van der Waals surface area contributed by atoms with Crippen LogP contribution in [-0.4, -0.2) is 12.2 Å². The van der Waals surface area contributed by atoms with E-state index in [0.717, 1.165) is 0 Å². The van der Waals surface area contributed by atoms with Crippen LogP contribution in [0.2, 0.25) is 10.0 Å². The van der Waals surface area contributed by atoms with E-state index in [4.69, 9.17) is 32.4 Å². The first-order valence-electron chi connectivity index (χ1n) is 6.30. The average Bonchev–Trinajstić information content (AvgIpc) is 2.48. The summed E-state index contributed by atoms with van der Waals surface area (Å²) in [6, 6.07) is 9.04. The molecule has 0 saturated heterocycles. The summed E-state index contributed by atoms with van der Waals surface area (Å²) in [5.74, 6) is 0.412. The van der Waals surface area contributed by atoms with Crippen molar-refractivity contribution in [2.24, 2.45) is 0 Å². The van der Waals surface area contributed by atoms with Gasteiger partial charge in [-0.25, -0.2) is 0 Å². The highest BCUT2D eigenvalue weighted by atomic mass is 35.5. The first-order valence-corrected chi connectivity index (χ1v) is 7.06. The maximum atomic E-state index is 12.2. The Labute approximate surface area is 135 Å². The molecule has 1 aromatic heterocycles. The van der Waals surface area contributed by atoms with Crippen LogP contribution in [0.3, 0.4) is 0 Å². The smallest absolute Gasteiger partial charge is 0.193 e. The number of fused-ring (bicyclic) bond motifs is 1. The molecular formula is C16H10Cl2O4. The van der Waals surface area contributed by atoms with Crippen molar-refractivity contribution in [1.82, 2.24) is 0 Å². The molecule has 22 heavy (non-hydrogen) atoms. The van der Waals surface area contributed by atoms with Gasteiger partial charge in [0.15, 0.2) is 11.0 Å². The van der Waals surface area contributed by atoms with E-state index in [0.29, 0.717) is 21.7 Å². The van der Waals surface area contributed by atoms with Gasteiger partial charge in [0.25, 0.3) is 0 Å². The molecule has 0 atom stereocenters. The highest BCUT2D eigenvalue weighted by Gasteiger charge is 2.15. The molecular weight excluding hydrogens is 327 g/mol. The molecule has 112 valence electrons. The van der Waals surface area contributed by atoms with E-state index in [9.17, 15) is 9.90 Å². The van der Waals surface area contributed by atoms with Crippen LogP contribution in [0.4, 0.5) is 0 Å². The highest BCUT2D eigenvalue weighted by molar-refractivity contribution is 6.34. The molecule has 0 spiro atoms. The van der Waals surface area contributed by atoms with Gasteiger partial charge in [0, 0.05) is 12.1 Å². The van der Waals surface area contributed by atoms with Gasteiger partial charge in [0.2, 0.25) is 0 Å². The van der Waals surface area contributed by atoms with Crippen LogP contribution >= 0.6 is 23.2 Å². The van der Waals surface area contributed by atoms with E-state index in [2.05, 4.69) is 0 Å². The Balaban J connectivity index is 2.32. The Morgan fingerprint density at radius 1 is 1.14 bits per heavy atom. The highest BCUT2D eigenvalue weighted by Crippen LogP contribution is 2.38. The van der Waals surface area contributed by atoms with Crippen molar-refractivity contribution in [1.29, 1.82) is 0 Å². The molecule has 0 fully saturated rings. The third-order valence-electron chi connectivity index (χ3n) is 3.24. The Hall–Kier alpha value is -2.17. The topological polar surface area (TPSA) is 59.7 Å². The summed E-state index contributed by atoms with van der Waals surface area (Å²) >= 11 is 12.0. The fourth-order valence-electron chi connectivity index (χ4n) is 2.17. The van der Waals surface area contributed by atoms with Gasteiger partial charge >= 0.3 is 0 Å². The number of methoxy groups -OCH3 is 1. The number of hydrogen-bond donors (Lipinski definition) is 1. The van der Waals surface area contributed by atoms with Crippen molar-refractivity contribution in [3.63, 3.8) is 0 Å². The largest absolute Gasteiger partial charge is 0.507 e. The van der Waals surface area contributed by atoms with Gasteiger partial charge in [-0.2, -0.15) is 0 Å². The lowest BCUT2D eigenvalue weighted by atomic mass is 10.1. The summed E-state index contributed by atoms with van der Waals surface area (Å²) in [5, 5.41) is 11.0. The number of aromatic hydroxyl groups is 1. The fraction of sp³-hybridized carbons (Fsp3) is 0.0625. The van der Waals surface area contributed by atoms with Gasteiger partial charge in [-0.1, -0.05) is 29.3 Å². The van der Waals surface area contributed by atoms with E-state index in [1.54, 1.807) is 18.2 Å². The van der Waals surface area contributed by atoms with Crippen molar-refractivity contribution in [3.8, 4) is 22.8 Å². The normalized spacial score (nSPS) is 10.9. The zero-order valence-electron chi connectivity index (χ0n) is 11.4. The van der Waals surface area contributed by atoms with Crippen LogP contribution in [0.15, 0.2) is 45.6 Å². The van der Waals surface area contributed by atoms with E-state index < -0.39 is 0 Å². The van der Waals surface area contributed by atoms with Crippen LogP contribution in [0.5, 0.6) is 11.5 Å². The molecule has 0 bridgehead atoms. The zero-order valence-corrected chi connectivity index (χ0v) is 12.9. The predicted octanol–water partition coefficient (Wildman–Crippen LogP) is 4.48. The van der Waals surface area contributed by atoms with Crippen LogP contribution in [0, 0.1) is 0 Å². The predicted molar refractivity (Wildman–Crippen MR) is 86.2 cm³/mol. The van der Waals surface area contributed by atoms with E-state index in [-0.39, 0.29) is 27.5 Å². The Morgan fingerprint density at radius 3 is 2.64 bits per heavy atom. The molecule has 0 amide bonds. The maximum Gasteiger partial charge on any atom is 0.193 e. The third kappa shape index (κ3) is 2.40. The molecule has 1 heterocycles. The quantitative estimate of drug-likeness (QED) is 0.749. The number of phenolic OH excluding ortho intramolecular Hbond substituents is 1. The Morgan fingerprint density at radius 2 is 1.91 bits per heavy atom. The molecule has 3 aromatic rings. The maximum absolute atomic E-state index is 12.2. The van der Waals surface area contributed by atoms with Crippen molar-refractivity contribution in [2.75, 3.05) is 7.11 Å². The first kappa shape index (κ1) is 14.8. The zero-order chi connectivity index (χ0) is 15.9. The van der Waals surface area contributed by atoms with Crippen LogP contribution in [0.25, 0.3) is 22.3 Å². The molecule has 0 aliphatic heterocycles. The minimum atomic E-state index is -0.257.